The number of benzene rings is 1. The molecule has 126 valence electrons. The third-order valence-electron chi connectivity index (χ3n) is 4.74. The number of hydrogen-bond donors (Lipinski definition) is 0. The lowest BCUT2D eigenvalue weighted by atomic mass is 9.87. The van der Waals surface area contributed by atoms with Crippen molar-refractivity contribution in [3.05, 3.63) is 48.6 Å². The summed E-state index contributed by atoms with van der Waals surface area (Å²) < 4.78 is 5.35. The van der Waals surface area contributed by atoms with Crippen molar-refractivity contribution in [3.8, 4) is 0 Å². The van der Waals surface area contributed by atoms with Crippen LogP contribution >= 0.6 is 0 Å². The van der Waals surface area contributed by atoms with E-state index < -0.39 is 0 Å². The molecule has 0 saturated carbocycles. The molecule has 0 N–H and O–H groups in total. The van der Waals surface area contributed by atoms with Crippen molar-refractivity contribution < 1.29 is 9.53 Å². The van der Waals surface area contributed by atoms with Gasteiger partial charge in [-0.15, -0.1) is 6.58 Å². The Balaban J connectivity index is 1.55. The van der Waals surface area contributed by atoms with E-state index in [-0.39, 0.29) is 18.0 Å². The van der Waals surface area contributed by atoms with Gasteiger partial charge >= 0.3 is 5.97 Å². The van der Waals surface area contributed by atoms with Gasteiger partial charge in [0.15, 0.2) is 0 Å². The largest absolute Gasteiger partial charge is 0.461 e. The highest BCUT2D eigenvalue weighted by Gasteiger charge is 2.40. The lowest BCUT2D eigenvalue weighted by molar-refractivity contribution is -0.186. The van der Waals surface area contributed by atoms with Crippen molar-refractivity contribution in [1.82, 2.24) is 0 Å². The summed E-state index contributed by atoms with van der Waals surface area (Å²) in [5.41, 5.74) is 1.37. The monoisotopic (exact) mass is 314 g/mol. The molecule has 1 aromatic carbocycles. The van der Waals surface area contributed by atoms with Gasteiger partial charge in [-0.25, -0.2) is 0 Å². The second-order valence-electron chi connectivity index (χ2n) is 6.59. The van der Waals surface area contributed by atoms with Crippen LogP contribution in [0.5, 0.6) is 0 Å². The maximum absolute atomic E-state index is 11.6. The normalized spacial score (nSPS) is 19.9. The molecule has 1 aromatic rings. The zero-order chi connectivity index (χ0) is 16.3. The van der Waals surface area contributed by atoms with E-state index in [1.54, 1.807) is 0 Å². The number of carbonyl (C=O) groups is 1. The predicted molar refractivity (Wildman–Crippen MR) is 95.3 cm³/mol. The SMILES string of the molecule is C=CCCCCCCCC1C(=O)OC1CCCc1ccccc1. The minimum absolute atomic E-state index is 0.0290. The van der Waals surface area contributed by atoms with Gasteiger partial charge in [0.25, 0.3) is 0 Å². The van der Waals surface area contributed by atoms with Gasteiger partial charge in [-0.1, -0.05) is 62.1 Å². The molecule has 1 aliphatic heterocycles. The highest BCUT2D eigenvalue weighted by Crippen LogP contribution is 2.31. The first kappa shape index (κ1) is 17.8. The van der Waals surface area contributed by atoms with Crippen LogP contribution in [0.3, 0.4) is 0 Å². The molecule has 0 amide bonds. The number of esters is 1. The predicted octanol–water partition coefficient (Wildman–Crippen LogP) is 5.47. The van der Waals surface area contributed by atoms with Crippen molar-refractivity contribution in [2.24, 2.45) is 5.92 Å². The zero-order valence-corrected chi connectivity index (χ0v) is 14.2. The van der Waals surface area contributed by atoms with Crippen molar-refractivity contribution in [2.45, 2.75) is 70.3 Å². The van der Waals surface area contributed by atoms with Crippen molar-refractivity contribution in [2.75, 3.05) is 0 Å². The second kappa shape index (κ2) is 10.3. The Bertz CT molecular complexity index is 466. The maximum Gasteiger partial charge on any atom is 0.313 e. The molecule has 0 radical (unpaired) electrons. The topological polar surface area (TPSA) is 26.3 Å². The van der Waals surface area contributed by atoms with Crippen LogP contribution in [0.1, 0.15) is 63.4 Å². The van der Waals surface area contributed by atoms with E-state index in [0.29, 0.717) is 0 Å². The van der Waals surface area contributed by atoms with Gasteiger partial charge in [0.1, 0.15) is 6.10 Å². The number of cyclic esters (lactones) is 1. The molecule has 2 nitrogen and oxygen atoms in total. The smallest absolute Gasteiger partial charge is 0.313 e. The summed E-state index contributed by atoms with van der Waals surface area (Å²) in [6.07, 6.45) is 13.7. The number of rotatable bonds is 12. The highest BCUT2D eigenvalue weighted by atomic mass is 16.6. The van der Waals surface area contributed by atoms with E-state index in [1.165, 1.54) is 31.2 Å². The molecule has 0 bridgehead atoms. The number of unbranched alkanes of at least 4 members (excludes halogenated alkanes) is 5. The van der Waals surface area contributed by atoms with Crippen LogP contribution in [0.4, 0.5) is 0 Å². The average molecular weight is 314 g/mol. The Morgan fingerprint density at radius 1 is 0.957 bits per heavy atom. The van der Waals surface area contributed by atoms with Crippen LogP contribution in [-0.2, 0) is 16.0 Å². The Labute approximate surface area is 140 Å². The number of aryl methyl sites for hydroxylation is 1. The fourth-order valence-corrected chi connectivity index (χ4v) is 3.30. The number of ether oxygens (including phenoxy) is 1. The highest BCUT2D eigenvalue weighted by molar-refractivity contribution is 5.78. The van der Waals surface area contributed by atoms with Gasteiger partial charge in [-0.2, -0.15) is 0 Å². The molecule has 1 fully saturated rings. The number of carbonyl (C=O) groups excluding carboxylic acids is 1. The summed E-state index contributed by atoms with van der Waals surface area (Å²) in [6.45, 7) is 3.75. The Morgan fingerprint density at radius 2 is 1.70 bits per heavy atom. The fourth-order valence-electron chi connectivity index (χ4n) is 3.30. The van der Waals surface area contributed by atoms with Crippen LogP contribution < -0.4 is 0 Å². The lowest BCUT2D eigenvalue weighted by Crippen LogP contribution is -2.45. The van der Waals surface area contributed by atoms with Crippen LogP contribution in [0.15, 0.2) is 43.0 Å². The molecule has 1 saturated heterocycles. The Kier molecular flexibility index (Phi) is 7.92. The fraction of sp³-hybridized carbons (Fsp3) is 0.571. The van der Waals surface area contributed by atoms with E-state index in [1.807, 2.05) is 12.1 Å². The molecule has 2 atom stereocenters. The van der Waals surface area contributed by atoms with Gasteiger partial charge < -0.3 is 4.74 Å². The minimum atomic E-state index is 0.0290. The maximum atomic E-state index is 11.6. The van der Waals surface area contributed by atoms with E-state index in [2.05, 4.69) is 30.8 Å². The first-order valence-corrected chi connectivity index (χ1v) is 9.16. The minimum Gasteiger partial charge on any atom is -0.461 e. The third kappa shape index (κ3) is 6.21. The first-order chi connectivity index (χ1) is 11.3. The van der Waals surface area contributed by atoms with Gasteiger partial charge in [-0.05, 0) is 44.1 Å². The van der Waals surface area contributed by atoms with Crippen LogP contribution in [0, 0.1) is 5.92 Å². The van der Waals surface area contributed by atoms with Crippen molar-refractivity contribution >= 4 is 5.97 Å². The van der Waals surface area contributed by atoms with Crippen LogP contribution in [0.25, 0.3) is 0 Å². The average Bonchev–Trinajstić information content (AvgIpc) is 2.57. The van der Waals surface area contributed by atoms with E-state index in [9.17, 15) is 4.79 Å². The number of allylic oxidation sites excluding steroid dienone is 1. The molecular formula is C21H30O2. The summed E-state index contributed by atoms with van der Waals surface area (Å²) in [5, 5.41) is 0. The molecule has 2 heteroatoms. The second-order valence-corrected chi connectivity index (χ2v) is 6.59. The third-order valence-corrected chi connectivity index (χ3v) is 4.74. The van der Waals surface area contributed by atoms with Crippen molar-refractivity contribution in [3.63, 3.8) is 0 Å². The summed E-state index contributed by atoms with van der Waals surface area (Å²) in [7, 11) is 0. The molecule has 0 aliphatic carbocycles. The number of hydrogen-bond acceptors (Lipinski definition) is 2. The summed E-state index contributed by atoms with van der Waals surface area (Å²) in [5.74, 6) is 0.195. The zero-order valence-electron chi connectivity index (χ0n) is 14.2. The van der Waals surface area contributed by atoms with Crippen LogP contribution in [-0.4, -0.2) is 12.1 Å². The molecule has 1 aliphatic rings. The van der Waals surface area contributed by atoms with Gasteiger partial charge in [0.05, 0.1) is 5.92 Å². The standard InChI is InChI=1S/C21H30O2/c1-2-3-4-5-6-7-11-16-19-20(23-21(19)22)17-12-15-18-13-9-8-10-14-18/h2,8-10,13-14,19-20H,1,3-7,11-12,15-17H2. The summed E-state index contributed by atoms with van der Waals surface area (Å²) >= 11 is 0. The molecule has 2 rings (SSSR count). The summed E-state index contributed by atoms with van der Waals surface area (Å²) in [4.78, 5) is 11.6. The van der Waals surface area contributed by atoms with Crippen molar-refractivity contribution in [1.29, 1.82) is 0 Å². The molecule has 23 heavy (non-hydrogen) atoms. The van der Waals surface area contributed by atoms with E-state index in [4.69, 9.17) is 4.74 Å². The quantitative estimate of drug-likeness (QED) is 0.290. The Morgan fingerprint density at radius 3 is 2.43 bits per heavy atom. The van der Waals surface area contributed by atoms with Crippen LogP contribution in [0.2, 0.25) is 0 Å². The molecule has 1 heterocycles. The van der Waals surface area contributed by atoms with Gasteiger partial charge in [0.2, 0.25) is 0 Å². The molecule has 0 aromatic heterocycles. The van der Waals surface area contributed by atoms with Gasteiger partial charge in [0, 0.05) is 0 Å². The first-order valence-electron chi connectivity index (χ1n) is 9.16. The van der Waals surface area contributed by atoms with E-state index >= 15 is 0 Å². The lowest BCUT2D eigenvalue weighted by Gasteiger charge is -2.35. The molecular weight excluding hydrogens is 284 g/mol. The molecule has 2 unspecified atom stereocenters. The summed E-state index contributed by atoms with van der Waals surface area (Å²) in [6, 6.07) is 10.5. The Hall–Kier alpha value is -1.57. The molecule has 0 spiro atoms. The van der Waals surface area contributed by atoms with Gasteiger partial charge in [-0.3, -0.25) is 4.79 Å². The van der Waals surface area contributed by atoms with E-state index in [0.717, 1.165) is 38.5 Å².